The van der Waals surface area contributed by atoms with Gasteiger partial charge in [-0.2, -0.15) is 0 Å². The van der Waals surface area contributed by atoms with Gasteiger partial charge >= 0.3 is 0 Å². The Morgan fingerprint density at radius 1 is 1.00 bits per heavy atom. The lowest BCUT2D eigenvalue weighted by atomic mass is 10.0. The van der Waals surface area contributed by atoms with Crippen LogP contribution in [0.5, 0.6) is 0 Å². The van der Waals surface area contributed by atoms with Crippen molar-refractivity contribution in [2.75, 3.05) is 0 Å². The first-order valence-electron chi connectivity index (χ1n) is 5.45. The van der Waals surface area contributed by atoms with Crippen LogP contribution in [-0.4, -0.2) is 0 Å². The highest BCUT2D eigenvalue weighted by molar-refractivity contribution is 9.11. The molecule has 0 aliphatic carbocycles. The molecule has 100 valence electrons. The lowest BCUT2D eigenvalue weighted by Gasteiger charge is -2.15. The lowest BCUT2D eigenvalue weighted by molar-refractivity contribution is 0.566. The van der Waals surface area contributed by atoms with Crippen LogP contribution in [0, 0.1) is 24.4 Å². The quantitative estimate of drug-likeness (QED) is 0.577. The van der Waals surface area contributed by atoms with Crippen molar-refractivity contribution in [1.82, 2.24) is 0 Å². The number of hydrogen-bond acceptors (Lipinski definition) is 0. The second kappa shape index (κ2) is 5.67. The Balaban J connectivity index is 2.56. The number of alkyl halides is 1. The Bertz CT molecular complexity index is 606. The van der Waals surface area contributed by atoms with Gasteiger partial charge < -0.3 is 0 Å². The molecule has 0 saturated carbocycles. The van der Waals surface area contributed by atoms with Crippen molar-refractivity contribution in [2.24, 2.45) is 0 Å². The lowest BCUT2D eigenvalue weighted by Crippen LogP contribution is -2.02. The van der Waals surface area contributed by atoms with E-state index in [2.05, 4.69) is 31.9 Å². The molecule has 0 radical (unpaired) electrons. The predicted octanol–water partition coefficient (Wildman–Crippen LogP) is 5.66. The molecule has 0 heterocycles. The number of benzene rings is 2. The Morgan fingerprint density at radius 3 is 2.32 bits per heavy atom. The van der Waals surface area contributed by atoms with E-state index < -0.39 is 22.3 Å². The third-order valence-electron chi connectivity index (χ3n) is 2.80. The minimum absolute atomic E-state index is 0.199. The molecule has 0 bridgehead atoms. The molecule has 2 aromatic carbocycles. The fourth-order valence-electron chi connectivity index (χ4n) is 1.78. The first-order valence-corrected chi connectivity index (χ1v) is 7.16. The largest absolute Gasteiger partial charge is 0.207 e. The summed E-state index contributed by atoms with van der Waals surface area (Å²) in [5.74, 6) is -1.79. The van der Waals surface area contributed by atoms with Crippen LogP contribution in [0.3, 0.4) is 0 Å². The third kappa shape index (κ3) is 2.87. The molecule has 1 atom stereocenters. The summed E-state index contributed by atoms with van der Waals surface area (Å²) >= 11 is 6.51. The maximum Gasteiger partial charge on any atom is 0.130 e. The molecule has 2 aromatic rings. The standard InChI is InChI=1S/C14H9Br2F3/c1-7-5-8(12(19)6-11(7)18)14(16)13-9(15)3-2-4-10(13)17/h2-6,14H,1H3. The maximum atomic E-state index is 13.8. The molecular weight excluding hydrogens is 385 g/mol. The summed E-state index contributed by atoms with van der Waals surface area (Å²) < 4.78 is 41.4. The monoisotopic (exact) mass is 392 g/mol. The van der Waals surface area contributed by atoms with Crippen molar-refractivity contribution in [3.8, 4) is 0 Å². The molecular formula is C14H9Br2F3. The minimum Gasteiger partial charge on any atom is -0.207 e. The van der Waals surface area contributed by atoms with E-state index in [1.807, 2.05) is 0 Å². The van der Waals surface area contributed by atoms with Crippen molar-refractivity contribution >= 4 is 31.9 Å². The van der Waals surface area contributed by atoms with Crippen LogP contribution in [0.2, 0.25) is 0 Å². The van der Waals surface area contributed by atoms with Crippen LogP contribution in [0.25, 0.3) is 0 Å². The normalized spacial score (nSPS) is 12.5. The molecule has 2 rings (SSSR count). The van der Waals surface area contributed by atoms with Crippen LogP contribution < -0.4 is 0 Å². The smallest absolute Gasteiger partial charge is 0.130 e. The topological polar surface area (TPSA) is 0 Å². The van der Waals surface area contributed by atoms with Crippen LogP contribution in [0.1, 0.15) is 21.5 Å². The molecule has 0 aromatic heterocycles. The van der Waals surface area contributed by atoms with Crippen LogP contribution >= 0.6 is 31.9 Å². The van der Waals surface area contributed by atoms with Crippen LogP contribution in [-0.2, 0) is 0 Å². The van der Waals surface area contributed by atoms with Crippen molar-refractivity contribution in [2.45, 2.75) is 11.8 Å². The van der Waals surface area contributed by atoms with Crippen molar-refractivity contribution < 1.29 is 13.2 Å². The summed E-state index contributed by atoms with van der Waals surface area (Å²) in [6.45, 7) is 1.54. The van der Waals surface area contributed by atoms with Gasteiger partial charge in [0.05, 0.1) is 4.83 Å². The molecule has 0 N–H and O–H groups in total. The third-order valence-corrected chi connectivity index (χ3v) is 4.45. The van der Waals surface area contributed by atoms with Gasteiger partial charge in [0.25, 0.3) is 0 Å². The molecule has 0 aliphatic heterocycles. The second-order valence-electron chi connectivity index (χ2n) is 4.12. The van der Waals surface area contributed by atoms with Gasteiger partial charge in [0.1, 0.15) is 17.5 Å². The zero-order chi connectivity index (χ0) is 14.2. The van der Waals surface area contributed by atoms with E-state index in [-0.39, 0.29) is 11.1 Å². The van der Waals surface area contributed by atoms with E-state index in [4.69, 9.17) is 0 Å². The second-order valence-corrected chi connectivity index (χ2v) is 5.89. The van der Waals surface area contributed by atoms with E-state index in [1.54, 1.807) is 12.1 Å². The number of aryl methyl sites for hydroxylation is 1. The molecule has 0 saturated heterocycles. The highest BCUT2D eigenvalue weighted by Crippen LogP contribution is 2.38. The summed E-state index contributed by atoms with van der Waals surface area (Å²) in [6, 6.07) is 6.70. The Kier molecular flexibility index (Phi) is 4.36. The molecule has 19 heavy (non-hydrogen) atoms. The van der Waals surface area contributed by atoms with E-state index in [1.165, 1.54) is 19.1 Å². The van der Waals surface area contributed by atoms with E-state index in [0.29, 0.717) is 10.0 Å². The van der Waals surface area contributed by atoms with Crippen LogP contribution in [0.4, 0.5) is 13.2 Å². The average Bonchev–Trinajstić information content (AvgIpc) is 2.33. The zero-order valence-corrected chi connectivity index (χ0v) is 13.0. The van der Waals surface area contributed by atoms with Gasteiger partial charge in [0.15, 0.2) is 0 Å². The average molecular weight is 394 g/mol. The highest BCUT2D eigenvalue weighted by Gasteiger charge is 2.22. The molecule has 0 nitrogen and oxygen atoms in total. The van der Waals surface area contributed by atoms with Gasteiger partial charge in [-0.15, -0.1) is 0 Å². The first kappa shape index (κ1) is 14.6. The number of rotatable bonds is 2. The highest BCUT2D eigenvalue weighted by atomic mass is 79.9. The Morgan fingerprint density at radius 2 is 1.68 bits per heavy atom. The summed E-state index contributed by atoms with van der Waals surface area (Å²) in [5.41, 5.74) is 0.797. The number of halogens is 5. The predicted molar refractivity (Wildman–Crippen MR) is 76.0 cm³/mol. The van der Waals surface area contributed by atoms with Crippen molar-refractivity contribution in [1.29, 1.82) is 0 Å². The zero-order valence-electron chi connectivity index (χ0n) is 9.85. The molecule has 0 aliphatic rings. The van der Waals surface area contributed by atoms with Gasteiger partial charge in [-0.05, 0) is 30.7 Å². The molecule has 1 unspecified atom stereocenters. The fraction of sp³-hybridized carbons (Fsp3) is 0.143. The van der Waals surface area contributed by atoms with Crippen molar-refractivity contribution in [3.05, 3.63) is 68.9 Å². The Hall–Kier alpha value is -0.810. The Labute approximate surface area is 125 Å². The van der Waals surface area contributed by atoms with Gasteiger partial charge in [0.2, 0.25) is 0 Å². The van der Waals surface area contributed by atoms with Crippen molar-refractivity contribution in [3.63, 3.8) is 0 Å². The van der Waals surface area contributed by atoms with Gasteiger partial charge in [0, 0.05) is 21.7 Å². The SMILES string of the molecule is Cc1cc(C(Br)c2c(F)cccc2Br)c(F)cc1F. The molecule has 0 fully saturated rings. The van der Waals surface area contributed by atoms with Gasteiger partial charge in [-0.3, -0.25) is 0 Å². The summed E-state index contributed by atoms with van der Waals surface area (Å²) in [7, 11) is 0. The molecule has 5 heteroatoms. The number of hydrogen-bond donors (Lipinski definition) is 0. The van der Waals surface area contributed by atoms with E-state index >= 15 is 0 Å². The first-order chi connectivity index (χ1) is 8.91. The van der Waals surface area contributed by atoms with E-state index in [9.17, 15) is 13.2 Å². The summed E-state index contributed by atoms with van der Waals surface area (Å²) in [6.07, 6.45) is 0. The minimum atomic E-state index is -0.708. The van der Waals surface area contributed by atoms with E-state index in [0.717, 1.165) is 6.07 Å². The maximum absolute atomic E-state index is 13.8. The molecule has 0 spiro atoms. The molecule has 0 amide bonds. The fourth-order valence-corrected chi connectivity index (χ4v) is 3.48. The van der Waals surface area contributed by atoms with Gasteiger partial charge in [-0.1, -0.05) is 37.9 Å². The van der Waals surface area contributed by atoms with Gasteiger partial charge in [-0.25, -0.2) is 13.2 Å². The summed E-state index contributed by atoms with van der Waals surface area (Å²) in [4.78, 5) is -0.692. The summed E-state index contributed by atoms with van der Waals surface area (Å²) in [5, 5.41) is 0. The van der Waals surface area contributed by atoms with Crippen LogP contribution in [0.15, 0.2) is 34.8 Å².